The maximum absolute atomic E-state index is 11.5. The van der Waals surface area contributed by atoms with E-state index in [4.69, 9.17) is 28.4 Å². The number of hydrogen-bond acceptors (Lipinski definition) is 10. The highest BCUT2D eigenvalue weighted by molar-refractivity contribution is 5.69. The van der Waals surface area contributed by atoms with Crippen molar-refractivity contribution in [3.05, 3.63) is 0 Å². The molecule has 2 aliphatic rings. The van der Waals surface area contributed by atoms with Gasteiger partial charge in [0.1, 0.15) is 0 Å². The SMILES string of the molecule is CC(=O)O[C@H]1O[C@@]2(C)O[C@@H]1[C@@H](OC(C)=O)[C@H](OC(C)=O)[C@@H]2OC(C)=O. The third-order valence-corrected chi connectivity index (χ3v) is 3.63. The lowest BCUT2D eigenvalue weighted by Crippen LogP contribution is -2.63. The lowest BCUT2D eigenvalue weighted by atomic mass is 9.94. The van der Waals surface area contributed by atoms with E-state index in [-0.39, 0.29) is 0 Å². The average Bonchev–Trinajstić information content (AvgIpc) is 2.72. The molecule has 10 heteroatoms. The van der Waals surface area contributed by atoms with Crippen molar-refractivity contribution in [3.63, 3.8) is 0 Å². The molecule has 140 valence electrons. The van der Waals surface area contributed by atoms with Crippen LogP contribution in [0.3, 0.4) is 0 Å². The first-order chi connectivity index (χ1) is 11.5. The number of ether oxygens (including phenoxy) is 6. The van der Waals surface area contributed by atoms with E-state index in [2.05, 4.69) is 0 Å². The van der Waals surface area contributed by atoms with Gasteiger partial charge in [0, 0.05) is 27.7 Å². The summed E-state index contributed by atoms with van der Waals surface area (Å²) in [5, 5.41) is 0. The number of esters is 4. The maximum Gasteiger partial charge on any atom is 0.305 e. The van der Waals surface area contributed by atoms with Gasteiger partial charge >= 0.3 is 23.9 Å². The number of hydrogen-bond donors (Lipinski definition) is 0. The summed E-state index contributed by atoms with van der Waals surface area (Å²) in [4.78, 5) is 45.8. The van der Waals surface area contributed by atoms with Crippen LogP contribution in [0.2, 0.25) is 0 Å². The van der Waals surface area contributed by atoms with Crippen LogP contribution < -0.4 is 0 Å². The van der Waals surface area contributed by atoms with E-state index in [0.717, 1.165) is 20.8 Å². The van der Waals surface area contributed by atoms with Crippen LogP contribution in [0.25, 0.3) is 0 Å². The van der Waals surface area contributed by atoms with E-state index in [9.17, 15) is 19.2 Å². The summed E-state index contributed by atoms with van der Waals surface area (Å²) >= 11 is 0. The summed E-state index contributed by atoms with van der Waals surface area (Å²) in [6.45, 7) is 6.06. The molecule has 2 fully saturated rings. The van der Waals surface area contributed by atoms with E-state index < -0.39 is 60.4 Å². The first-order valence-corrected chi connectivity index (χ1v) is 7.58. The predicted octanol–water partition coefficient (Wildman–Crippen LogP) is -0.184. The van der Waals surface area contributed by atoms with E-state index in [1.165, 1.54) is 13.8 Å². The van der Waals surface area contributed by atoms with Crippen molar-refractivity contribution in [2.75, 3.05) is 0 Å². The summed E-state index contributed by atoms with van der Waals surface area (Å²) in [5.74, 6) is -4.28. The molecule has 0 saturated carbocycles. The molecule has 2 saturated heterocycles. The van der Waals surface area contributed by atoms with E-state index in [1.54, 1.807) is 0 Å². The third kappa shape index (κ3) is 4.07. The topological polar surface area (TPSA) is 124 Å². The summed E-state index contributed by atoms with van der Waals surface area (Å²) < 4.78 is 32.0. The molecule has 0 spiro atoms. The molecule has 2 heterocycles. The molecular weight excluding hydrogens is 340 g/mol. The molecule has 0 amide bonds. The molecule has 2 rings (SSSR count). The van der Waals surface area contributed by atoms with Gasteiger partial charge in [-0.2, -0.15) is 0 Å². The van der Waals surface area contributed by atoms with Crippen LogP contribution in [-0.2, 0) is 47.6 Å². The van der Waals surface area contributed by atoms with E-state index >= 15 is 0 Å². The van der Waals surface area contributed by atoms with Gasteiger partial charge in [-0.1, -0.05) is 0 Å². The second kappa shape index (κ2) is 6.96. The Balaban J connectivity index is 2.44. The van der Waals surface area contributed by atoms with Gasteiger partial charge in [-0.25, -0.2) is 0 Å². The fourth-order valence-electron chi connectivity index (χ4n) is 2.92. The van der Waals surface area contributed by atoms with Gasteiger partial charge in [-0.15, -0.1) is 0 Å². The molecule has 0 aromatic heterocycles. The molecule has 0 unspecified atom stereocenters. The Morgan fingerprint density at radius 1 is 0.720 bits per heavy atom. The maximum atomic E-state index is 11.5. The van der Waals surface area contributed by atoms with Gasteiger partial charge in [0.15, 0.2) is 24.4 Å². The zero-order valence-corrected chi connectivity index (χ0v) is 14.5. The average molecular weight is 360 g/mol. The minimum absolute atomic E-state index is 0.653. The molecule has 0 aliphatic carbocycles. The van der Waals surface area contributed by atoms with Crippen LogP contribution in [0.1, 0.15) is 34.6 Å². The second-order valence-electron chi connectivity index (χ2n) is 5.87. The van der Waals surface area contributed by atoms with Crippen molar-refractivity contribution in [3.8, 4) is 0 Å². The minimum atomic E-state index is -1.56. The summed E-state index contributed by atoms with van der Waals surface area (Å²) in [6.07, 6.45) is -5.94. The first kappa shape index (κ1) is 19.1. The highest BCUT2D eigenvalue weighted by atomic mass is 16.9. The van der Waals surface area contributed by atoms with Gasteiger partial charge < -0.3 is 28.4 Å². The first-order valence-electron chi connectivity index (χ1n) is 7.58. The van der Waals surface area contributed by atoms with Crippen molar-refractivity contribution in [1.29, 1.82) is 0 Å². The molecule has 25 heavy (non-hydrogen) atoms. The van der Waals surface area contributed by atoms with Crippen molar-refractivity contribution < 1.29 is 47.6 Å². The number of fused-ring (bicyclic) bond motifs is 2. The molecule has 0 N–H and O–H groups in total. The Hall–Kier alpha value is -2.20. The molecular formula is C15H20O10. The van der Waals surface area contributed by atoms with Crippen LogP contribution in [0.4, 0.5) is 0 Å². The Morgan fingerprint density at radius 2 is 1.20 bits per heavy atom. The fraction of sp³-hybridized carbons (Fsp3) is 0.733. The number of carbonyl (C=O) groups is 4. The van der Waals surface area contributed by atoms with Gasteiger partial charge in [-0.05, 0) is 6.92 Å². The Kier molecular flexibility index (Phi) is 5.33. The van der Waals surface area contributed by atoms with Crippen LogP contribution in [-0.4, -0.2) is 60.4 Å². The number of rotatable bonds is 4. The van der Waals surface area contributed by atoms with E-state index in [0.29, 0.717) is 0 Å². The van der Waals surface area contributed by atoms with Crippen molar-refractivity contribution >= 4 is 23.9 Å². The lowest BCUT2D eigenvalue weighted by molar-refractivity contribution is -0.297. The molecule has 10 nitrogen and oxygen atoms in total. The lowest BCUT2D eigenvalue weighted by Gasteiger charge is -2.42. The normalized spacial score (nSPS) is 36.3. The largest absolute Gasteiger partial charge is 0.455 e. The molecule has 0 aromatic carbocycles. The van der Waals surface area contributed by atoms with Gasteiger partial charge in [0.05, 0.1) is 0 Å². The van der Waals surface area contributed by atoms with Crippen LogP contribution in [0.5, 0.6) is 0 Å². The third-order valence-electron chi connectivity index (χ3n) is 3.63. The highest BCUT2D eigenvalue weighted by Crippen LogP contribution is 2.44. The minimum Gasteiger partial charge on any atom is -0.455 e. The smallest absolute Gasteiger partial charge is 0.305 e. The molecule has 2 aliphatic heterocycles. The quantitative estimate of drug-likeness (QED) is 0.492. The molecule has 6 atom stereocenters. The predicted molar refractivity (Wildman–Crippen MR) is 76.6 cm³/mol. The van der Waals surface area contributed by atoms with Crippen molar-refractivity contribution in [1.82, 2.24) is 0 Å². The van der Waals surface area contributed by atoms with Crippen LogP contribution in [0.15, 0.2) is 0 Å². The number of carbonyl (C=O) groups excluding carboxylic acids is 4. The van der Waals surface area contributed by atoms with Crippen LogP contribution in [0, 0.1) is 0 Å². The van der Waals surface area contributed by atoms with Gasteiger partial charge in [-0.3, -0.25) is 19.2 Å². The Bertz CT molecular complexity index is 587. The van der Waals surface area contributed by atoms with E-state index in [1.807, 2.05) is 0 Å². The zero-order chi connectivity index (χ0) is 18.9. The summed E-state index contributed by atoms with van der Waals surface area (Å²) in [6, 6.07) is 0. The second-order valence-corrected chi connectivity index (χ2v) is 5.87. The summed E-state index contributed by atoms with van der Waals surface area (Å²) in [7, 11) is 0. The van der Waals surface area contributed by atoms with Crippen LogP contribution >= 0.6 is 0 Å². The zero-order valence-electron chi connectivity index (χ0n) is 14.5. The molecule has 0 radical (unpaired) electrons. The Morgan fingerprint density at radius 3 is 1.68 bits per heavy atom. The highest BCUT2D eigenvalue weighted by Gasteiger charge is 2.66. The molecule has 0 aromatic rings. The van der Waals surface area contributed by atoms with Gasteiger partial charge in [0.25, 0.3) is 0 Å². The monoisotopic (exact) mass is 360 g/mol. The standard InChI is InChI=1S/C15H20O10/c1-6(16)20-10-11(21-7(2)17)13(22-8(3)18)15(5)24-12(10)14(25-15)23-9(4)19/h10-14H,1-5H3/t10-,11-,12+,13-,14-,15+/m0/s1. The summed E-state index contributed by atoms with van der Waals surface area (Å²) in [5.41, 5.74) is 0. The van der Waals surface area contributed by atoms with Gasteiger partial charge in [0.2, 0.25) is 12.1 Å². The van der Waals surface area contributed by atoms with Crippen molar-refractivity contribution in [2.45, 2.75) is 71.1 Å². The molecule has 2 bridgehead atoms. The fourth-order valence-corrected chi connectivity index (χ4v) is 2.92. The Labute approximate surface area is 143 Å². The van der Waals surface area contributed by atoms with Crippen molar-refractivity contribution in [2.24, 2.45) is 0 Å².